The van der Waals surface area contributed by atoms with Gasteiger partial charge >= 0.3 is 17.9 Å². The van der Waals surface area contributed by atoms with Gasteiger partial charge in [-0.3, -0.25) is 14.4 Å². The summed E-state index contributed by atoms with van der Waals surface area (Å²) in [4.78, 5) is 38.4. The van der Waals surface area contributed by atoms with Crippen LogP contribution in [0.3, 0.4) is 0 Å². The predicted octanol–water partition coefficient (Wildman–Crippen LogP) is 22.8. The van der Waals surface area contributed by atoms with Gasteiger partial charge in [-0.15, -0.1) is 0 Å². The quantitative estimate of drug-likeness (QED) is 0.0261. The number of ether oxygens (including phenoxy) is 3. The molecule has 0 saturated heterocycles. The van der Waals surface area contributed by atoms with Crippen molar-refractivity contribution in [3.05, 3.63) is 97.2 Å². The molecule has 0 aliphatic heterocycles. The molecule has 0 bridgehead atoms. The van der Waals surface area contributed by atoms with Crippen molar-refractivity contribution in [2.45, 2.75) is 329 Å². The third-order valence-corrected chi connectivity index (χ3v) is 14.3. The summed E-state index contributed by atoms with van der Waals surface area (Å²) in [6, 6.07) is 0. The Morgan fingerprint density at radius 1 is 0.269 bits per heavy atom. The molecule has 6 nitrogen and oxygen atoms in total. The molecule has 0 aromatic heterocycles. The first-order valence-corrected chi connectivity index (χ1v) is 33.2. The molecule has 1 unspecified atom stereocenters. The van der Waals surface area contributed by atoms with E-state index in [0.29, 0.717) is 19.3 Å². The lowest BCUT2D eigenvalue weighted by Gasteiger charge is -2.18. The lowest BCUT2D eigenvalue weighted by Crippen LogP contribution is -2.30. The highest BCUT2D eigenvalue weighted by Crippen LogP contribution is 2.16. The molecule has 0 aliphatic carbocycles. The molecule has 0 N–H and O–H groups in total. The molecule has 1 atom stereocenters. The van der Waals surface area contributed by atoms with Gasteiger partial charge in [0.05, 0.1) is 0 Å². The standard InChI is InChI=1S/C72H124O6/c1-4-7-10-13-16-19-22-25-28-31-33-34-35-36-37-38-39-42-44-47-50-53-56-59-62-65-71(74)77-68-69(67-76-70(73)64-61-58-55-52-49-46-43-40-30-27-24-21-18-15-12-9-6-3)78-72(75)66-63-60-57-54-51-48-45-41-32-29-26-23-20-17-14-11-8-5-2/h7,10,16,19-20,23,25,27-30,32-34,36-37,69H,4-6,8-9,11-15,17-18,21-22,24,26,31,35,38-68H2,1-3H3/b10-7-,19-16-,23-20-,28-25-,30-27-,32-29-,34-33-,37-36-. The van der Waals surface area contributed by atoms with E-state index in [-0.39, 0.29) is 31.1 Å². The molecular formula is C72H124O6. The van der Waals surface area contributed by atoms with Crippen LogP contribution in [0.5, 0.6) is 0 Å². The van der Waals surface area contributed by atoms with E-state index in [1.54, 1.807) is 0 Å². The molecule has 0 aromatic rings. The number of carbonyl (C=O) groups excluding carboxylic acids is 3. The van der Waals surface area contributed by atoms with Gasteiger partial charge < -0.3 is 14.2 Å². The minimum Gasteiger partial charge on any atom is -0.462 e. The van der Waals surface area contributed by atoms with Crippen molar-refractivity contribution >= 4 is 17.9 Å². The van der Waals surface area contributed by atoms with Crippen molar-refractivity contribution in [1.82, 2.24) is 0 Å². The highest BCUT2D eigenvalue weighted by molar-refractivity contribution is 5.71. The molecule has 0 spiro atoms. The van der Waals surface area contributed by atoms with E-state index in [1.165, 1.54) is 173 Å². The molecule has 0 rings (SSSR count). The summed E-state index contributed by atoms with van der Waals surface area (Å²) in [6.45, 7) is 6.52. The lowest BCUT2D eigenvalue weighted by molar-refractivity contribution is -0.167. The molecule has 0 fully saturated rings. The van der Waals surface area contributed by atoms with E-state index < -0.39 is 6.10 Å². The number of carbonyl (C=O) groups is 3. The van der Waals surface area contributed by atoms with Crippen LogP contribution in [0.15, 0.2) is 97.2 Å². The summed E-state index contributed by atoms with van der Waals surface area (Å²) in [5.41, 5.74) is 0. The molecular weight excluding hydrogens is 961 g/mol. The maximum atomic E-state index is 12.9. The van der Waals surface area contributed by atoms with Crippen LogP contribution in [0.25, 0.3) is 0 Å². The van der Waals surface area contributed by atoms with E-state index in [0.717, 1.165) is 109 Å². The zero-order valence-corrected chi connectivity index (χ0v) is 51.4. The Morgan fingerprint density at radius 2 is 0.500 bits per heavy atom. The highest BCUT2D eigenvalue weighted by atomic mass is 16.6. The van der Waals surface area contributed by atoms with Crippen molar-refractivity contribution in [2.24, 2.45) is 0 Å². The van der Waals surface area contributed by atoms with E-state index in [4.69, 9.17) is 14.2 Å². The topological polar surface area (TPSA) is 78.9 Å². The molecule has 0 aliphatic rings. The third-order valence-electron chi connectivity index (χ3n) is 14.3. The molecule has 0 radical (unpaired) electrons. The Hall–Kier alpha value is -3.67. The van der Waals surface area contributed by atoms with Gasteiger partial charge in [-0.1, -0.05) is 279 Å². The van der Waals surface area contributed by atoms with E-state index in [1.807, 2.05) is 0 Å². The van der Waals surface area contributed by atoms with Crippen LogP contribution in [-0.2, 0) is 28.6 Å². The van der Waals surface area contributed by atoms with Gasteiger partial charge in [0.1, 0.15) is 13.2 Å². The zero-order valence-electron chi connectivity index (χ0n) is 51.4. The lowest BCUT2D eigenvalue weighted by atomic mass is 10.1. The Balaban J connectivity index is 4.38. The fourth-order valence-corrected chi connectivity index (χ4v) is 9.32. The number of allylic oxidation sites excluding steroid dienone is 16. The molecule has 6 heteroatoms. The average Bonchev–Trinajstić information content (AvgIpc) is 3.44. The van der Waals surface area contributed by atoms with Crippen molar-refractivity contribution in [2.75, 3.05) is 13.2 Å². The summed E-state index contributed by atoms with van der Waals surface area (Å²) >= 11 is 0. The maximum absolute atomic E-state index is 12.9. The average molecular weight is 1090 g/mol. The number of esters is 3. The fourth-order valence-electron chi connectivity index (χ4n) is 9.32. The molecule has 0 saturated carbocycles. The van der Waals surface area contributed by atoms with Gasteiger partial charge in [0.15, 0.2) is 6.10 Å². The molecule has 0 heterocycles. The van der Waals surface area contributed by atoms with Crippen LogP contribution in [0.4, 0.5) is 0 Å². The van der Waals surface area contributed by atoms with Gasteiger partial charge in [0.2, 0.25) is 0 Å². The fraction of sp³-hybridized carbons (Fsp3) is 0.736. The van der Waals surface area contributed by atoms with E-state index >= 15 is 0 Å². The number of hydrogen-bond acceptors (Lipinski definition) is 6. The first-order valence-electron chi connectivity index (χ1n) is 33.2. The molecule has 448 valence electrons. The second kappa shape index (κ2) is 65.8. The summed E-state index contributed by atoms with van der Waals surface area (Å²) in [5, 5.41) is 0. The number of unbranched alkanes of at least 4 members (excludes halogenated alkanes) is 33. The minimum absolute atomic E-state index is 0.0837. The first-order chi connectivity index (χ1) is 38.5. The molecule has 78 heavy (non-hydrogen) atoms. The predicted molar refractivity (Wildman–Crippen MR) is 339 cm³/mol. The first kappa shape index (κ1) is 74.3. The van der Waals surface area contributed by atoms with Crippen LogP contribution in [0.2, 0.25) is 0 Å². The van der Waals surface area contributed by atoms with Gasteiger partial charge in [-0.25, -0.2) is 0 Å². The van der Waals surface area contributed by atoms with Gasteiger partial charge in [0.25, 0.3) is 0 Å². The van der Waals surface area contributed by atoms with Crippen LogP contribution < -0.4 is 0 Å². The Labute approximate surface area is 483 Å². The maximum Gasteiger partial charge on any atom is 0.306 e. The second-order valence-electron chi connectivity index (χ2n) is 22.0. The van der Waals surface area contributed by atoms with Crippen LogP contribution in [0.1, 0.15) is 323 Å². The molecule has 0 amide bonds. The minimum atomic E-state index is -0.788. The summed E-state index contributed by atoms with van der Waals surface area (Å²) in [5.74, 6) is -0.889. The normalized spacial score (nSPS) is 12.7. The third kappa shape index (κ3) is 63.2. The van der Waals surface area contributed by atoms with E-state index in [2.05, 4.69) is 118 Å². The van der Waals surface area contributed by atoms with Crippen LogP contribution in [-0.4, -0.2) is 37.2 Å². The second-order valence-corrected chi connectivity index (χ2v) is 22.0. The van der Waals surface area contributed by atoms with Gasteiger partial charge in [-0.05, 0) is 122 Å². The summed E-state index contributed by atoms with van der Waals surface area (Å²) in [6.07, 6.45) is 88.3. The zero-order chi connectivity index (χ0) is 56.4. The SMILES string of the molecule is CC/C=C\C/C=C\C/C=C\C/C=C\C/C=C\CCCCCCCCCCCC(=O)OCC(COC(=O)CCCCCCCCC/C=C\CCCCCCCC)OC(=O)CCCCCCCCC/C=C\C/C=C\CCCCCC. The Morgan fingerprint density at radius 3 is 0.808 bits per heavy atom. The monoisotopic (exact) mass is 1080 g/mol. The highest BCUT2D eigenvalue weighted by Gasteiger charge is 2.19. The van der Waals surface area contributed by atoms with Crippen molar-refractivity contribution in [3.63, 3.8) is 0 Å². The Kier molecular flexibility index (Phi) is 62.7. The van der Waals surface area contributed by atoms with Gasteiger partial charge in [-0.2, -0.15) is 0 Å². The Bertz CT molecular complexity index is 1530. The van der Waals surface area contributed by atoms with Crippen molar-refractivity contribution in [3.8, 4) is 0 Å². The van der Waals surface area contributed by atoms with Crippen molar-refractivity contribution in [1.29, 1.82) is 0 Å². The number of hydrogen-bond donors (Lipinski definition) is 0. The van der Waals surface area contributed by atoms with Gasteiger partial charge in [0, 0.05) is 19.3 Å². The summed E-state index contributed by atoms with van der Waals surface area (Å²) < 4.78 is 17.0. The smallest absolute Gasteiger partial charge is 0.306 e. The van der Waals surface area contributed by atoms with Crippen LogP contribution in [0, 0.1) is 0 Å². The summed E-state index contributed by atoms with van der Waals surface area (Å²) in [7, 11) is 0. The van der Waals surface area contributed by atoms with Crippen molar-refractivity contribution < 1.29 is 28.6 Å². The number of rotatable bonds is 60. The largest absolute Gasteiger partial charge is 0.462 e. The van der Waals surface area contributed by atoms with E-state index in [9.17, 15) is 14.4 Å². The van der Waals surface area contributed by atoms with Crippen LogP contribution >= 0.6 is 0 Å². The molecule has 0 aromatic carbocycles.